The molecule has 2 amide bonds. The quantitative estimate of drug-likeness (QED) is 0.395. The van der Waals surface area contributed by atoms with E-state index in [2.05, 4.69) is 46.5 Å². The number of nitrogens with zero attached hydrogens (tertiary/aromatic N) is 2. The van der Waals surface area contributed by atoms with Gasteiger partial charge in [-0.2, -0.15) is 0 Å². The maximum Gasteiger partial charge on any atom is 0.251 e. The first-order valence-corrected chi connectivity index (χ1v) is 13.7. The summed E-state index contributed by atoms with van der Waals surface area (Å²) in [6.07, 6.45) is 0.342. The number of amides is 2. The third-order valence-corrected chi connectivity index (χ3v) is 7.47. The minimum absolute atomic E-state index is 0.0347. The van der Waals surface area contributed by atoms with Crippen LogP contribution < -0.4 is 15.5 Å². The summed E-state index contributed by atoms with van der Waals surface area (Å²) in [6.45, 7) is 11.4. The molecule has 3 N–H and O–H groups in total. The molecule has 2 atom stereocenters. The van der Waals surface area contributed by atoms with Crippen molar-refractivity contribution in [2.45, 2.75) is 52.2 Å². The Kier molecular flexibility index (Phi) is 8.50. The number of nitrogens with one attached hydrogen (secondary N) is 2. The van der Waals surface area contributed by atoms with Crippen LogP contribution in [0.5, 0.6) is 0 Å². The molecule has 0 saturated carbocycles. The Morgan fingerprint density at radius 2 is 1.89 bits per heavy atom. The molecule has 38 heavy (non-hydrogen) atoms. The van der Waals surface area contributed by atoms with Crippen molar-refractivity contribution in [3.05, 3.63) is 64.5 Å². The van der Waals surface area contributed by atoms with E-state index >= 15 is 0 Å². The highest BCUT2D eigenvalue weighted by Gasteiger charge is 2.24. The van der Waals surface area contributed by atoms with Crippen LogP contribution in [0.25, 0.3) is 11.3 Å². The second-order valence-electron chi connectivity index (χ2n) is 10.6. The fourth-order valence-corrected chi connectivity index (χ4v) is 5.45. The van der Waals surface area contributed by atoms with Crippen LogP contribution in [-0.2, 0) is 14.9 Å². The lowest BCUT2D eigenvalue weighted by Crippen LogP contribution is -2.45. The van der Waals surface area contributed by atoms with Gasteiger partial charge in [0, 0.05) is 40.7 Å². The Bertz CT molecular complexity index is 1300. The molecule has 1 aliphatic rings. The van der Waals surface area contributed by atoms with Crippen molar-refractivity contribution >= 4 is 34.0 Å². The van der Waals surface area contributed by atoms with Crippen molar-refractivity contribution in [3.63, 3.8) is 0 Å². The molecule has 8 nitrogen and oxygen atoms in total. The van der Waals surface area contributed by atoms with Gasteiger partial charge in [0.25, 0.3) is 5.91 Å². The molecule has 0 bridgehead atoms. The van der Waals surface area contributed by atoms with Crippen LogP contribution in [0.15, 0.2) is 47.8 Å². The summed E-state index contributed by atoms with van der Waals surface area (Å²) >= 11 is 1.34. The molecule has 1 aromatic heterocycles. The van der Waals surface area contributed by atoms with Gasteiger partial charge in [-0.1, -0.05) is 32.0 Å². The fraction of sp³-hybridized carbons (Fsp3) is 0.414. The Morgan fingerprint density at radius 3 is 2.61 bits per heavy atom. The van der Waals surface area contributed by atoms with E-state index in [9.17, 15) is 14.7 Å². The predicted octanol–water partition coefficient (Wildman–Crippen LogP) is 4.37. The minimum Gasteiger partial charge on any atom is -0.395 e. The van der Waals surface area contributed by atoms with Gasteiger partial charge in [-0.25, -0.2) is 4.98 Å². The van der Waals surface area contributed by atoms with Crippen LogP contribution in [0, 0.1) is 6.92 Å². The van der Waals surface area contributed by atoms with E-state index in [1.165, 1.54) is 11.3 Å². The average Bonchev–Trinajstić information content (AvgIpc) is 3.35. The maximum atomic E-state index is 12.7. The highest BCUT2D eigenvalue weighted by atomic mass is 32.1. The second-order valence-corrected chi connectivity index (χ2v) is 11.4. The van der Waals surface area contributed by atoms with Gasteiger partial charge in [0.05, 0.1) is 31.1 Å². The number of aliphatic hydroxyl groups excluding tert-OH is 1. The highest BCUT2D eigenvalue weighted by Crippen LogP contribution is 2.30. The molecule has 0 radical (unpaired) electrons. The Labute approximate surface area is 228 Å². The normalized spacial score (nSPS) is 17.8. The molecule has 4 rings (SSSR count). The largest absolute Gasteiger partial charge is 0.395 e. The third-order valence-electron chi connectivity index (χ3n) is 6.71. The maximum absolute atomic E-state index is 12.7. The molecule has 2 heterocycles. The summed E-state index contributed by atoms with van der Waals surface area (Å²) in [5.41, 5.74) is 4.74. The van der Waals surface area contributed by atoms with Crippen molar-refractivity contribution < 1.29 is 19.4 Å². The van der Waals surface area contributed by atoms with Crippen LogP contribution in [0.4, 0.5) is 10.8 Å². The number of rotatable bonds is 8. The van der Waals surface area contributed by atoms with Gasteiger partial charge in [0.1, 0.15) is 0 Å². The van der Waals surface area contributed by atoms with E-state index in [0.717, 1.165) is 41.2 Å². The lowest BCUT2D eigenvalue weighted by atomic mass is 9.82. The molecule has 2 aromatic carbocycles. The smallest absolute Gasteiger partial charge is 0.251 e. The first-order valence-electron chi connectivity index (χ1n) is 12.8. The monoisotopic (exact) mass is 536 g/mol. The summed E-state index contributed by atoms with van der Waals surface area (Å²) in [4.78, 5) is 32.1. The summed E-state index contributed by atoms with van der Waals surface area (Å²) in [5.74, 6) is -0.703. The lowest BCUT2D eigenvalue weighted by molar-refractivity contribution is -0.115. The number of benzene rings is 2. The van der Waals surface area contributed by atoms with E-state index in [1.807, 2.05) is 44.4 Å². The van der Waals surface area contributed by atoms with Crippen molar-refractivity contribution in [3.8, 4) is 11.3 Å². The SMILES string of the molecule is Cc1ccc(C(=O)NCC(=O)Nc2nc(-c3cccc(N4C[C@@H](C)O[C@@H](C)C4)c3)cs2)cc1C(C)(C)CO. The van der Waals surface area contributed by atoms with Gasteiger partial charge >= 0.3 is 0 Å². The summed E-state index contributed by atoms with van der Waals surface area (Å²) in [6, 6.07) is 13.6. The van der Waals surface area contributed by atoms with Gasteiger partial charge in [0.15, 0.2) is 5.13 Å². The Hall–Kier alpha value is -3.27. The number of aromatic nitrogens is 1. The number of aliphatic hydroxyl groups is 1. The second kappa shape index (κ2) is 11.6. The van der Waals surface area contributed by atoms with Gasteiger partial charge < -0.3 is 25.4 Å². The van der Waals surface area contributed by atoms with Crippen LogP contribution in [0.1, 0.15) is 49.2 Å². The van der Waals surface area contributed by atoms with E-state index in [4.69, 9.17) is 4.74 Å². The van der Waals surface area contributed by atoms with Crippen LogP contribution in [0.3, 0.4) is 0 Å². The molecule has 0 unspecified atom stereocenters. The number of hydrogen-bond acceptors (Lipinski definition) is 7. The van der Waals surface area contributed by atoms with Crippen LogP contribution in [-0.4, -0.2) is 60.4 Å². The van der Waals surface area contributed by atoms with Gasteiger partial charge in [-0.15, -0.1) is 11.3 Å². The molecule has 3 aromatic rings. The van der Waals surface area contributed by atoms with Crippen molar-refractivity contribution in [2.24, 2.45) is 0 Å². The van der Waals surface area contributed by atoms with Gasteiger partial charge in [-0.05, 0) is 56.2 Å². The molecular weight excluding hydrogens is 500 g/mol. The fourth-order valence-electron chi connectivity index (χ4n) is 4.72. The number of carbonyl (C=O) groups excluding carboxylic acids is 2. The number of morpholine rings is 1. The zero-order valence-corrected chi connectivity index (χ0v) is 23.4. The summed E-state index contributed by atoms with van der Waals surface area (Å²) in [7, 11) is 0. The Morgan fingerprint density at radius 1 is 1.16 bits per heavy atom. The molecule has 0 spiro atoms. The number of carbonyl (C=O) groups is 2. The number of hydrogen-bond donors (Lipinski definition) is 3. The van der Waals surface area contributed by atoms with E-state index in [0.29, 0.717) is 10.7 Å². The molecule has 1 saturated heterocycles. The number of aryl methyl sites for hydroxylation is 1. The first-order chi connectivity index (χ1) is 18.1. The number of ether oxygens (including phenoxy) is 1. The summed E-state index contributed by atoms with van der Waals surface area (Å²) in [5, 5.41) is 17.6. The van der Waals surface area contributed by atoms with Crippen molar-refractivity contribution in [1.82, 2.24) is 10.3 Å². The average molecular weight is 537 g/mol. The minimum atomic E-state index is -0.473. The Balaban J connectivity index is 1.36. The standard InChI is InChI=1S/C29H36N4O4S/c1-18-9-10-22(12-24(18)29(4,5)17-34)27(36)30-13-26(35)32-28-31-25(16-38-28)21-7-6-8-23(11-21)33-14-19(2)37-20(3)15-33/h6-12,16,19-20,34H,13-15,17H2,1-5H3,(H,30,36)(H,31,32,35)/t19-,20+. The van der Waals surface area contributed by atoms with Crippen molar-refractivity contribution in [2.75, 3.05) is 36.5 Å². The zero-order chi connectivity index (χ0) is 27.4. The molecular formula is C29H36N4O4S. The molecule has 202 valence electrons. The van der Waals surface area contributed by atoms with Gasteiger partial charge in [-0.3, -0.25) is 9.59 Å². The van der Waals surface area contributed by atoms with Crippen LogP contribution in [0.2, 0.25) is 0 Å². The van der Waals surface area contributed by atoms with Crippen LogP contribution >= 0.6 is 11.3 Å². The van der Waals surface area contributed by atoms with E-state index in [-0.39, 0.29) is 37.2 Å². The molecule has 0 aliphatic carbocycles. The first kappa shape index (κ1) is 27.8. The third kappa shape index (κ3) is 6.59. The topological polar surface area (TPSA) is 104 Å². The van der Waals surface area contributed by atoms with Gasteiger partial charge in [0.2, 0.25) is 5.91 Å². The molecule has 1 aliphatic heterocycles. The summed E-state index contributed by atoms with van der Waals surface area (Å²) < 4.78 is 5.85. The lowest BCUT2D eigenvalue weighted by Gasteiger charge is -2.37. The van der Waals surface area contributed by atoms with Crippen molar-refractivity contribution in [1.29, 1.82) is 0 Å². The molecule has 9 heteroatoms. The number of thiazole rings is 1. The number of anilines is 2. The zero-order valence-electron chi connectivity index (χ0n) is 22.6. The van der Waals surface area contributed by atoms with E-state index < -0.39 is 5.41 Å². The molecule has 1 fully saturated rings. The van der Waals surface area contributed by atoms with E-state index in [1.54, 1.807) is 12.1 Å². The predicted molar refractivity (Wildman–Crippen MR) is 152 cm³/mol. The highest BCUT2D eigenvalue weighted by molar-refractivity contribution is 7.14.